The molecule has 1 saturated carbocycles. The molecule has 0 aromatic carbocycles. The van der Waals surface area contributed by atoms with Gasteiger partial charge in [-0.05, 0) is 26.2 Å². The van der Waals surface area contributed by atoms with Crippen molar-refractivity contribution in [1.29, 1.82) is 0 Å². The van der Waals surface area contributed by atoms with Crippen LogP contribution in [0.4, 0.5) is 0 Å². The average Bonchev–Trinajstić information content (AvgIpc) is 2.38. The standard InChI is InChI=1S/C12H21ClN2O3/c1-3-11(15-14-7-16)10-5-4-9(13)6-12(10)18-8-17-2/h3,9-10,12,16H,4-8H2,1-2H3/b11-3-,15-14-/t9?,10-,12?/m0/s1. The predicted molar refractivity (Wildman–Crippen MR) is 69.4 cm³/mol. The zero-order valence-electron chi connectivity index (χ0n) is 10.9. The van der Waals surface area contributed by atoms with E-state index in [0.29, 0.717) is 0 Å². The number of allylic oxidation sites excluding steroid dienone is 1. The summed E-state index contributed by atoms with van der Waals surface area (Å²) in [5, 5.41) is 16.5. The maximum Gasteiger partial charge on any atom is 0.155 e. The number of halogens is 1. The minimum Gasteiger partial charge on any atom is -0.373 e. The van der Waals surface area contributed by atoms with Crippen LogP contribution in [0, 0.1) is 5.92 Å². The highest BCUT2D eigenvalue weighted by molar-refractivity contribution is 6.20. The first kappa shape index (κ1) is 15.6. The van der Waals surface area contributed by atoms with E-state index >= 15 is 0 Å². The Kier molecular flexibility index (Phi) is 7.42. The first-order valence-electron chi connectivity index (χ1n) is 6.12. The van der Waals surface area contributed by atoms with Crippen LogP contribution in [0.3, 0.4) is 0 Å². The fraction of sp³-hybridized carbons (Fsp3) is 0.833. The molecule has 6 heteroatoms. The summed E-state index contributed by atoms with van der Waals surface area (Å²) in [4.78, 5) is 0. The second-order valence-corrected chi connectivity index (χ2v) is 4.84. The van der Waals surface area contributed by atoms with Gasteiger partial charge in [-0.1, -0.05) is 6.08 Å². The average molecular weight is 277 g/mol. The lowest BCUT2D eigenvalue weighted by Gasteiger charge is -2.33. The topological polar surface area (TPSA) is 63.4 Å². The molecule has 3 atom stereocenters. The van der Waals surface area contributed by atoms with Crippen molar-refractivity contribution in [2.45, 2.75) is 37.7 Å². The van der Waals surface area contributed by atoms with E-state index < -0.39 is 0 Å². The zero-order valence-corrected chi connectivity index (χ0v) is 11.6. The summed E-state index contributed by atoms with van der Waals surface area (Å²) in [7, 11) is 1.60. The Morgan fingerprint density at radius 3 is 2.89 bits per heavy atom. The lowest BCUT2D eigenvalue weighted by Crippen LogP contribution is -2.33. The van der Waals surface area contributed by atoms with E-state index in [-0.39, 0.29) is 30.9 Å². The van der Waals surface area contributed by atoms with Gasteiger partial charge in [-0.3, -0.25) is 0 Å². The highest BCUT2D eigenvalue weighted by Gasteiger charge is 2.32. The molecule has 1 N–H and O–H groups in total. The molecular formula is C12H21ClN2O3. The van der Waals surface area contributed by atoms with Crippen molar-refractivity contribution in [1.82, 2.24) is 0 Å². The number of hydrogen-bond donors (Lipinski definition) is 1. The quantitative estimate of drug-likeness (QED) is 0.461. The molecule has 18 heavy (non-hydrogen) atoms. The molecule has 0 aromatic rings. The number of nitrogens with zero attached hydrogens (tertiary/aromatic N) is 2. The predicted octanol–water partition coefficient (Wildman–Crippen LogP) is 2.69. The van der Waals surface area contributed by atoms with Gasteiger partial charge in [-0.15, -0.1) is 11.6 Å². The molecule has 0 bridgehead atoms. The second-order valence-electron chi connectivity index (χ2n) is 4.22. The molecule has 2 unspecified atom stereocenters. The third-order valence-electron chi connectivity index (χ3n) is 3.05. The van der Waals surface area contributed by atoms with Crippen molar-refractivity contribution in [3.63, 3.8) is 0 Å². The molecule has 0 aromatic heterocycles. The Bertz CT molecular complexity index is 297. The van der Waals surface area contributed by atoms with Crippen LogP contribution < -0.4 is 0 Å². The van der Waals surface area contributed by atoms with E-state index in [0.717, 1.165) is 25.0 Å². The van der Waals surface area contributed by atoms with Crippen LogP contribution in [0.15, 0.2) is 22.0 Å². The van der Waals surface area contributed by atoms with Gasteiger partial charge >= 0.3 is 0 Å². The molecule has 0 radical (unpaired) electrons. The Balaban J connectivity index is 2.71. The van der Waals surface area contributed by atoms with Gasteiger partial charge in [0, 0.05) is 18.4 Å². The smallest absolute Gasteiger partial charge is 0.155 e. The molecule has 0 aliphatic heterocycles. The Hall–Kier alpha value is -0.490. The van der Waals surface area contributed by atoms with Crippen LogP contribution in [0.1, 0.15) is 26.2 Å². The molecular weight excluding hydrogens is 256 g/mol. The molecule has 0 amide bonds. The molecule has 0 spiro atoms. The summed E-state index contributed by atoms with van der Waals surface area (Å²) in [5.74, 6) is 0.162. The van der Waals surface area contributed by atoms with Crippen molar-refractivity contribution in [2.24, 2.45) is 16.1 Å². The molecule has 1 fully saturated rings. The fourth-order valence-corrected chi connectivity index (χ4v) is 2.52. The minimum absolute atomic E-state index is 0.00922. The van der Waals surface area contributed by atoms with Gasteiger partial charge < -0.3 is 14.6 Å². The summed E-state index contributed by atoms with van der Waals surface area (Å²) in [6.07, 6.45) is 4.52. The highest BCUT2D eigenvalue weighted by atomic mass is 35.5. The highest BCUT2D eigenvalue weighted by Crippen LogP contribution is 2.35. The number of aliphatic hydroxyl groups excluding tert-OH is 1. The van der Waals surface area contributed by atoms with E-state index in [1.54, 1.807) is 7.11 Å². The number of hydrogen-bond acceptors (Lipinski definition) is 5. The van der Waals surface area contributed by atoms with E-state index in [2.05, 4.69) is 10.2 Å². The largest absolute Gasteiger partial charge is 0.373 e. The van der Waals surface area contributed by atoms with Gasteiger partial charge in [0.05, 0.1) is 11.8 Å². The van der Waals surface area contributed by atoms with Gasteiger partial charge in [0.15, 0.2) is 6.73 Å². The van der Waals surface area contributed by atoms with E-state index in [1.807, 2.05) is 13.0 Å². The maximum absolute atomic E-state index is 8.70. The van der Waals surface area contributed by atoms with Crippen molar-refractivity contribution >= 4 is 11.6 Å². The van der Waals surface area contributed by atoms with Gasteiger partial charge in [0.2, 0.25) is 0 Å². The molecule has 0 heterocycles. The number of methoxy groups -OCH3 is 1. The minimum atomic E-state index is -0.300. The molecule has 5 nitrogen and oxygen atoms in total. The van der Waals surface area contributed by atoms with Crippen LogP contribution in [0.2, 0.25) is 0 Å². The summed E-state index contributed by atoms with van der Waals surface area (Å²) in [5.41, 5.74) is 0.841. The Morgan fingerprint density at radius 1 is 1.50 bits per heavy atom. The van der Waals surface area contributed by atoms with Gasteiger partial charge in [-0.2, -0.15) is 10.2 Å². The van der Waals surface area contributed by atoms with Crippen LogP contribution in [0.25, 0.3) is 0 Å². The van der Waals surface area contributed by atoms with Gasteiger partial charge in [-0.25, -0.2) is 0 Å². The van der Waals surface area contributed by atoms with Crippen molar-refractivity contribution in [3.8, 4) is 0 Å². The van der Waals surface area contributed by atoms with Crippen LogP contribution in [0.5, 0.6) is 0 Å². The molecule has 1 rings (SSSR count). The van der Waals surface area contributed by atoms with E-state index in [9.17, 15) is 0 Å². The number of ether oxygens (including phenoxy) is 2. The van der Waals surface area contributed by atoms with Crippen LogP contribution >= 0.6 is 11.6 Å². The summed E-state index contributed by atoms with van der Waals surface area (Å²) in [6.45, 7) is 1.86. The van der Waals surface area contributed by atoms with Crippen molar-refractivity contribution < 1.29 is 14.6 Å². The van der Waals surface area contributed by atoms with Gasteiger partial charge in [0.1, 0.15) is 6.79 Å². The summed E-state index contributed by atoms with van der Waals surface area (Å²) < 4.78 is 10.6. The third kappa shape index (κ3) is 4.65. The summed E-state index contributed by atoms with van der Waals surface area (Å²) in [6, 6.07) is 0. The van der Waals surface area contributed by atoms with Crippen molar-refractivity contribution in [3.05, 3.63) is 11.8 Å². The SMILES string of the molecule is C/C=C(\N=N/CO)[C@@H]1CCC(Cl)CC1OCOC. The Morgan fingerprint density at radius 2 is 2.28 bits per heavy atom. The zero-order chi connectivity index (χ0) is 13.4. The van der Waals surface area contributed by atoms with E-state index in [4.69, 9.17) is 26.2 Å². The fourth-order valence-electron chi connectivity index (χ4n) is 2.22. The first-order valence-corrected chi connectivity index (χ1v) is 6.55. The van der Waals surface area contributed by atoms with E-state index in [1.165, 1.54) is 0 Å². The molecule has 1 aliphatic carbocycles. The normalized spacial score (nSPS) is 30.0. The van der Waals surface area contributed by atoms with Gasteiger partial charge in [0.25, 0.3) is 0 Å². The number of rotatable bonds is 6. The third-order valence-corrected chi connectivity index (χ3v) is 3.45. The summed E-state index contributed by atoms with van der Waals surface area (Å²) >= 11 is 6.17. The second kappa shape index (κ2) is 8.58. The molecule has 1 aliphatic rings. The molecule has 104 valence electrons. The maximum atomic E-state index is 8.70. The van der Waals surface area contributed by atoms with Crippen LogP contribution in [-0.4, -0.2) is 37.2 Å². The number of azo groups is 1. The van der Waals surface area contributed by atoms with Crippen molar-refractivity contribution in [2.75, 3.05) is 20.6 Å². The van der Waals surface area contributed by atoms with Crippen LogP contribution in [-0.2, 0) is 9.47 Å². The Labute approximate surface area is 113 Å². The monoisotopic (exact) mass is 276 g/mol. The lowest BCUT2D eigenvalue weighted by molar-refractivity contribution is -0.0958. The number of alkyl halides is 1. The molecule has 0 saturated heterocycles. The number of aliphatic hydroxyl groups is 1. The lowest BCUT2D eigenvalue weighted by atomic mass is 9.84. The first-order chi connectivity index (χ1) is 8.72.